The van der Waals surface area contributed by atoms with Crippen LogP contribution in [0.2, 0.25) is 0 Å². The van der Waals surface area contributed by atoms with Crippen molar-refractivity contribution in [1.82, 2.24) is 24.8 Å². The zero-order valence-electron chi connectivity index (χ0n) is 14.5. The monoisotopic (exact) mass is 337 g/mol. The maximum absolute atomic E-state index is 13.0. The van der Waals surface area contributed by atoms with Crippen LogP contribution in [0.4, 0.5) is 0 Å². The van der Waals surface area contributed by atoms with E-state index >= 15 is 0 Å². The van der Waals surface area contributed by atoms with Crippen LogP contribution in [0.25, 0.3) is 22.3 Å². The van der Waals surface area contributed by atoms with Gasteiger partial charge < -0.3 is 14.9 Å². The van der Waals surface area contributed by atoms with Gasteiger partial charge in [0.25, 0.3) is 5.91 Å². The van der Waals surface area contributed by atoms with Gasteiger partial charge in [0.15, 0.2) is 0 Å². The van der Waals surface area contributed by atoms with Gasteiger partial charge in [-0.05, 0) is 31.9 Å². The third-order valence-electron chi connectivity index (χ3n) is 5.16. The Morgan fingerprint density at radius 3 is 2.88 bits per heavy atom. The van der Waals surface area contributed by atoms with Crippen LogP contribution in [0.1, 0.15) is 49.5 Å². The Balaban J connectivity index is 1.62. The molecule has 0 unspecified atom stereocenters. The molecule has 0 spiro atoms. The first-order valence-electron chi connectivity index (χ1n) is 9.05. The summed E-state index contributed by atoms with van der Waals surface area (Å²) in [6.45, 7) is 2.80. The third kappa shape index (κ3) is 2.92. The van der Waals surface area contributed by atoms with Gasteiger partial charge in [0.05, 0.1) is 5.69 Å². The van der Waals surface area contributed by atoms with Crippen molar-refractivity contribution in [3.05, 3.63) is 36.5 Å². The molecule has 0 saturated heterocycles. The maximum Gasteiger partial charge on any atom is 0.270 e. The number of nitrogens with zero attached hydrogens (tertiary/aromatic N) is 3. The molecular formula is C19H23N5O. The van der Waals surface area contributed by atoms with E-state index in [2.05, 4.69) is 26.9 Å². The van der Waals surface area contributed by atoms with Crippen molar-refractivity contribution in [3.63, 3.8) is 0 Å². The largest absolute Gasteiger partial charge is 0.357 e. The molecule has 0 atom stereocenters. The Labute approximate surface area is 146 Å². The van der Waals surface area contributed by atoms with E-state index in [4.69, 9.17) is 0 Å². The molecule has 1 saturated carbocycles. The van der Waals surface area contributed by atoms with Crippen molar-refractivity contribution in [2.75, 3.05) is 6.54 Å². The molecule has 3 heterocycles. The Bertz CT molecular complexity index is 875. The minimum Gasteiger partial charge on any atom is -0.357 e. The number of rotatable bonds is 4. The van der Waals surface area contributed by atoms with Crippen molar-refractivity contribution >= 4 is 16.9 Å². The topological polar surface area (TPSA) is 77.7 Å². The number of carbonyl (C=O) groups excluding carboxylic acids is 1. The second kappa shape index (κ2) is 6.70. The summed E-state index contributed by atoms with van der Waals surface area (Å²) in [4.78, 5) is 29.9. The molecule has 4 rings (SSSR count). The van der Waals surface area contributed by atoms with E-state index in [1.54, 1.807) is 6.33 Å². The molecule has 130 valence electrons. The van der Waals surface area contributed by atoms with Crippen LogP contribution >= 0.6 is 0 Å². The second-order valence-corrected chi connectivity index (χ2v) is 6.65. The quantitative estimate of drug-likeness (QED) is 0.761. The van der Waals surface area contributed by atoms with Crippen molar-refractivity contribution in [3.8, 4) is 11.3 Å². The normalized spacial score (nSPS) is 15.6. The summed E-state index contributed by atoms with van der Waals surface area (Å²) in [7, 11) is 0. The highest BCUT2D eigenvalue weighted by molar-refractivity contribution is 5.96. The van der Waals surface area contributed by atoms with Gasteiger partial charge in [-0.3, -0.25) is 4.79 Å². The highest BCUT2D eigenvalue weighted by Crippen LogP contribution is 2.27. The van der Waals surface area contributed by atoms with E-state index in [0.717, 1.165) is 41.7 Å². The first-order chi connectivity index (χ1) is 12.3. The maximum atomic E-state index is 13.0. The molecule has 0 aliphatic heterocycles. The number of H-pyrrole nitrogens is 2. The molecule has 1 fully saturated rings. The molecule has 1 amide bonds. The van der Waals surface area contributed by atoms with Crippen LogP contribution in [-0.2, 0) is 0 Å². The molecule has 0 radical (unpaired) electrons. The second-order valence-electron chi connectivity index (χ2n) is 6.65. The molecule has 3 aromatic rings. The summed E-state index contributed by atoms with van der Waals surface area (Å²) in [5.41, 5.74) is 3.18. The van der Waals surface area contributed by atoms with Crippen molar-refractivity contribution < 1.29 is 4.79 Å². The predicted octanol–water partition coefficient (Wildman–Crippen LogP) is 3.75. The lowest BCUT2D eigenvalue weighted by Gasteiger charge is -2.33. The number of hydrogen-bond acceptors (Lipinski definition) is 3. The van der Waals surface area contributed by atoms with Crippen LogP contribution in [0.5, 0.6) is 0 Å². The van der Waals surface area contributed by atoms with Gasteiger partial charge in [-0.15, -0.1) is 0 Å². The first-order valence-corrected chi connectivity index (χ1v) is 9.05. The SMILES string of the molecule is CCN(C(=O)c1cc(-c2ncnc3[nH]ccc23)c[nH]1)C1CCCCC1. The Morgan fingerprint density at radius 1 is 1.24 bits per heavy atom. The number of carbonyl (C=O) groups is 1. The van der Waals surface area contributed by atoms with Crippen molar-refractivity contribution in [2.45, 2.75) is 45.1 Å². The van der Waals surface area contributed by atoms with E-state index in [0.29, 0.717) is 11.7 Å². The van der Waals surface area contributed by atoms with Gasteiger partial charge in [0, 0.05) is 35.9 Å². The fraction of sp³-hybridized carbons (Fsp3) is 0.421. The molecule has 6 heteroatoms. The standard InChI is InChI=1S/C19H23N5O/c1-2-24(14-6-4-3-5-7-14)19(25)16-10-13(11-21-16)17-15-8-9-20-18(15)23-12-22-17/h8-12,14,21H,2-7H2,1H3,(H,20,22,23). The molecule has 1 aliphatic carbocycles. The van der Waals surface area contributed by atoms with Crippen LogP contribution in [0.3, 0.4) is 0 Å². The van der Waals surface area contributed by atoms with Gasteiger partial charge in [0.2, 0.25) is 0 Å². The number of fused-ring (bicyclic) bond motifs is 1. The summed E-state index contributed by atoms with van der Waals surface area (Å²) in [5.74, 6) is 0.0834. The Hall–Kier alpha value is -2.63. The highest BCUT2D eigenvalue weighted by atomic mass is 16.2. The van der Waals surface area contributed by atoms with E-state index < -0.39 is 0 Å². The third-order valence-corrected chi connectivity index (χ3v) is 5.16. The molecule has 2 N–H and O–H groups in total. The number of amides is 1. The van der Waals surface area contributed by atoms with Gasteiger partial charge in [-0.1, -0.05) is 19.3 Å². The van der Waals surface area contributed by atoms with E-state index in [9.17, 15) is 4.79 Å². The number of aromatic nitrogens is 4. The Morgan fingerprint density at radius 2 is 2.08 bits per heavy atom. The predicted molar refractivity (Wildman–Crippen MR) is 97.3 cm³/mol. The lowest BCUT2D eigenvalue weighted by Crippen LogP contribution is -2.41. The lowest BCUT2D eigenvalue weighted by molar-refractivity contribution is 0.0642. The summed E-state index contributed by atoms with van der Waals surface area (Å²) in [6, 6.07) is 4.23. The lowest BCUT2D eigenvalue weighted by atomic mass is 9.94. The molecule has 0 bridgehead atoms. The zero-order valence-corrected chi connectivity index (χ0v) is 14.5. The molecule has 25 heavy (non-hydrogen) atoms. The van der Waals surface area contributed by atoms with E-state index in [1.807, 2.05) is 29.4 Å². The number of hydrogen-bond donors (Lipinski definition) is 2. The fourth-order valence-electron chi connectivity index (χ4n) is 3.87. The summed E-state index contributed by atoms with van der Waals surface area (Å²) >= 11 is 0. The molecular weight excluding hydrogens is 314 g/mol. The minimum absolute atomic E-state index is 0.0834. The van der Waals surface area contributed by atoms with Gasteiger partial charge in [0.1, 0.15) is 17.7 Å². The van der Waals surface area contributed by atoms with E-state index in [1.165, 1.54) is 19.3 Å². The molecule has 1 aliphatic rings. The minimum atomic E-state index is 0.0834. The Kier molecular flexibility index (Phi) is 4.26. The van der Waals surface area contributed by atoms with Crippen molar-refractivity contribution in [1.29, 1.82) is 0 Å². The van der Waals surface area contributed by atoms with E-state index in [-0.39, 0.29) is 5.91 Å². The first kappa shape index (κ1) is 15.9. The van der Waals surface area contributed by atoms with Crippen LogP contribution < -0.4 is 0 Å². The van der Waals surface area contributed by atoms with Crippen LogP contribution in [0, 0.1) is 0 Å². The highest BCUT2D eigenvalue weighted by Gasteiger charge is 2.26. The van der Waals surface area contributed by atoms with Gasteiger partial charge in [-0.25, -0.2) is 9.97 Å². The summed E-state index contributed by atoms with van der Waals surface area (Å²) in [5, 5.41) is 0.958. The van der Waals surface area contributed by atoms with Gasteiger partial charge in [-0.2, -0.15) is 0 Å². The average molecular weight is 337 g/mol. The van der Waals surface area contributed by atoms with Crippen molar-refractivity contribution in [2.24, 2.45) is 0 Å². The molecule has 0 aromatic carbocycles. The molecule has 3 aromatic heterocycles. The number of aromatic amines is 2. The summed E-state index contributed by atoms with van der Waals surface area (Å²) in [6.07, 6.45) is 11.2. The van der Waals surface area contributed by atoms with Crippen LogP contribution in [0.15, 0.2) is 30.9 Å². The summed E-state index contributed by atoms with van der Waals surface area (Å²) < 4.78 is 0. The smallest absolute Gasteiger partial charge is 0.270 e. The van der Waals surface area contributed by atoms with Crippen LogP contribution in [-0.4, -0.2) is 43.3 Å². The number of nitrogens with one attached hydrogen (secondary N) is 2. The molecule has 6 nitrogen and oxygen atoms in total. The fourth-order valence-corrected chi connectivity index (χ4v) is 3.87. The van der Waals surface area contributed by atoms with Gasteiger partial charge >= 0.3 is 0 Å². The average Bonchev–Trinajstić information content (AvgIpc) is 3.32. The zero-order chi connectivity index (χ0) is 17.2.